The van der Waals surface area contributed by atoms with Gasteiger partial charge < -0.3 is 5.32 Å². The first kappa shape index (κ1) is 18.7. The largest absolute Gasteiger partial charge is 0.351 e. The SMILES string of the molecule is CCC(CCNC(=O)c1cc(-c2ccc(F)cc2)nc2ncnn12)n1cccn1. The predicted octanol–water partition coefficient (Wildman–Crippen LogP) is 2.90. The summed E-state index contributed by atoms with van der Waals surface area (Å²) in [7, 11) is 0. The zero-order valence-electron chi connectivity index (χ0n) is 15.9. The van der Waals surface area contributed by atoms with Crippen LogP contribution in [0.2, 0.25) is 0 Å². The molecule has 0 aliphatic rings. The lowest BCUT2D eigenvalue weighted by Crippen LogP contribution is -2.28. The summed E-state index contributed by atoms with van der Waals surface area (Å²) in [6.07, 6.45) is 6.68. The molecule has 9 heteroatoms. The summed E-state index contributed by atoms with van der Waals surface area (Å²) in [6.45, 7) is 2.58. The number of amides is 1. The fourth-order valence-corrected chi connectivity index (χ4v) is 3.21. The molecule has 4 rings (SSSR count). The zero-order valence-corrected chi connectivity index (χ0v) is 15.9. The summed E-state index contributed by atoms with van der Waals surface area (Å²) in [6, 6.07) is 9.66. The number of hydrogen-bond donors (Lipinski definition) is 1. The van der Waals surface area contributed by atoms with Gasteiger partial charge in [-0.2, -0.15) is 19.7 Å². The van der Waals surface area contributed by atoms with Gasteiger partial charge in [0.15, 0.2) is 0 Å². The second-order valence-electron chi connectivity index (χ2n) is 6.60. The maximum absolute atomic E-state index is 13.2. The van der Waals surface area contributed by atoms with Crippen molar-refractivity contribution in [2.75, 3.05) is 6.54 Å². The molecule has 1 atom stereocenters. The van der Waals surface area contributed by atoms with E-state index in [1.807, 2.05) is 16.9 Å². The molecule has 1 amide bonds. The van der Waals surface area contributed by atoms with Gasteiger partial charge in [-0.25, -0.2) is 9.37 Å². The van der Waals surface area contributed by atoms with Gasteiger partial charge in [0.1, 0.15) is 17.8 Å². The second kappa shape index (κ2) is 8.17. The fourth-order valence-electron chi connectivity index (χ4n) is 3.21. The molecule has 3 aromatic heterocycles. The molecule has 0 fully saturated rings. The first-order chi connectivity index (χ1) is 14.2. The van der Waals surface area contributed by atoms with Crippen LogP contribution in [0.4, 0.5) is 4.39 Å². The maximum Gasteiger partial charge on any atom is 0.270 e. The number of nitrogens with one attached hydrogen (secondary N) is 1. The van der Waals surface area contributed by atoms with Gasteiger partial charge in [0.2, 0.25) is 0 Å². The van der Waals surface area contributed by atoms with E-state index in [-0.39, 0.29) is 17.8 Å². The summed E-state index contributed by atoms with van der Waals surface area (Å²) in [5, 5.41) is 11.3. The number of nitrogens with zero attached hydrogens (tertiary/aromatic N) is 6. The Balaban J connectivity index is 1.53. The lowest BCUT2D eigenvalue weighted by atomic mass is 10.1. The molecule has 8 nitrogen and oxygen atoms in total. The molecule has 1 unspecified atom stereocenters. The van der Waals surface area contributed by atoms with Crippen molar-refractivity contribution in [2.24, 2.45) is 0 Å². The molecule has 148 valence electrons. The first-order valence-electron chi connectivity index (χ1n) is 9.39. The number of carbonyl (C=O) groups is 1. The predicted molar refractivity (Wildman–Crippen MR) is 105 cm³/mol. The Morgan fingerprint density at radius 3 is 2.79 bits per heavy atom. The Labute approximate surface area is 166 Å². The Bertz CT molecular complexity index is 1110. The average molecular weight is 393 g/mol. The zero-order chi connectivity index (χ0) is 20.2. The van der Waals surface area contributed by atoms with Gasteiger partial charge >= 0.3 is 0 Å². The van der Waals surface area contributed by atoms with Crippen molar-refractivity contribution in [3.05, 3.63) is 66.6 Å². The van der Waals surface area contributed by atoms with Gasteiger partial charge in [-0.3, -0.25) is 9.48 Å². The highest BCUT2D eigenvalue weighted by molar-refractivity contribution is 5.94. The van der Waals surface area contributed by atoms with E-state index < -0.39 is 0 Å². The topological polar surface area (TPSA) is 90.0 Å². The van der Waals surface area contributed by atoms with Crippen LogP contribution < -0.4 is 5.32 Å². The van der Waals surface area contributed by atoms with Gasteiger partial charge in [-0.1, -0.05) is 6.92 Å². The summed E-state index contributed by atoms with van der Waals surface area (Å²) < 4.78 is 16.5. The number of fused-ring (bicyclic) bond motifs is 1. The lowest BCUT2D eigenvalue weighted by Gasteiger charge is -2.16. The van der Waals surface area contributed by atoms with Gasteiger partial charge in [0.05, 0.1) is 11.7 Å². The second-order valence-corrected chi connectivity index (χ2v) is 6.60. The van der Waals surface area contributed by atoms with Crippen molar-refractivity contribution < 1.29 is 9.18 Å². The molecule has 4 aromatic rings. The molecular formula is C20H20FN7O. The number of rotatable bonds is 7. The normalized spacial score (nSPS) is 12.2. The van der Waals surface area contributed by atoms with Crippen molar-refractivity contribution in [3.8, 4) is 11.3 Å². The molecule has 0 bridgehead atoms. The van der Waals surface area contributed by atoms with E-state index in [9.17, 15) is 9.18 Å². The smallest absolute Gasteiger partial charge is 0.270 e. The molecule has 1 N–H and O–H groups in total. The Kier molecular flexibility index (Phi) is 5.28. The van der Waals surface area contributed by atoms with Crippen molar-refractivity contribution in [1.29, 1.82) is 0 Å². The monoisotopic (exact) mass is 393 g/mol. The van der Waals surface area contributed by atoms with Gasteiger partial charge in [0.25, 0.3) is 11.7 Å². The van der Waals surface area contributed by atoms with E-state index in [0.29, 0.717) is 29.3 Å². The standard InChI is InChI=1S/C20H20FN7O/c1-2-16(27-11-3-9-24-27)8-10-22-19(29)18-12-17(14-4-6-15(21)7-5-14)26-20-23-13-25-28(18)20/h3-7,9,11-13,16H,2,8,10H2,1H3,(H,22,29). The summed E-state index contributed by atoms with van der Waals surface area (Å²) in [5.41, 5.74) is 1.54. The minimum atomic E-state index is -0.335. The van der Waals surface area contributed by atoms with Crippen LogP contribution in [0.3, 0.4) is 0 Å². The van der Waals surface area contributed by atoms with Crippen LogP contribution in [0.1, 0.15) is 36.3 Å². The minimum Gasteiger partial charge on any atom is -0.351 e. The summed E-state index contributed by atoms with van der Waals surface area (Å²) in [4.78, 5) is 21.3. The quantitative estimate of drug-likeness (QED) is 0.521. The average Bonchev–Trinajstić information content (AvgIpc) is 3.42. The number of aromatic nitrogens is 6. The molecule has 0 saturated heterocycles. The van der Waals surface area contributed by atoms with E-state index in [1.165, 1.54) is 23.0 Å². The van der Waals surface area contributed by atoms with Crippen LogP contribution in [0, 0.1) is 5.82 Å². The van der Waals surface area contributed by atoms with Crippen LogP contribution in [0.5, 0.6) is 0 Å². The van der Waals surface area contributed by atoms with Gasteiger partial charge in [-0.05, 0) is 49.2 Å². The molecule has 3 heterocycles. The van der Waals surface area contributed by atoms with Crippen molar-refractivity contribution in [3.63, 3.8) is 0 Å². The molecule has 0 saturated carbocycles. The first-order valence-corrected chi connectivity index (χ1v) is 9.39. The van der Waals surface area contributed by atoms with E-state index in [0.717, 1.165) is 12.8 Å². The van der Waals surface area contributed by atoms with E-state index in [4.69, 9.17) is 0 Å². The fraction of sp³-hybridized carbons (Fsp3) is 0.250. The molecule has 1 aromatic carbocycles. The van der Waals surface area contributed by atoms with Crippen LogP contribution >= 0.6 is 0 Å². The molecule has 0 aliphatic carbocycles. The summed E-state index contributed by atoms with van der Waals surface area (Å²) >= 11 is 0. The minimum absolute atomic E-state index is 0.212. The number of halogens is 1. The van der Waals surface area contributed by atoms with Crippen molar-refractivity contribution in [1.82, 2.24) is 34.7 Å². The number of carbonyl (C=O) groups excluding carboxylic acids is 1. The summed E-state index contributed by atoms with van der Waals surface area (Å²) in [5.74, 6) is -0.306. The highest BCUT2D eigenvalue weighted by Crippen LogP contribution is 2.20. The van der Waals surface area contributed by atoms with E-state index in [2.05, 4.69) is 32.4 Å². The van der Waals surface area contributed by atoms with Gasteiger partial charge in [0, 0.05) is 24.5 Å². The van der Waals surface area contributed by atoms with E-state index in [1.54, 1.807) is 24.4 Å². The molecule has 0 spiro atoms. The number of benzene rings is 1. The van der Waals surface area contributed by atoms with Crippen LogP contribution in [-0.4, -0.2) is 41.8 Å². The maximum atomic E-state index is 13.2. The van der Waals surface area contributed by atoms with Crippen LogP contribution in [-0.2, 0) is 0 Å². The molecule has 0 aliphatic heterocycles. The van der Waals surface area contributed by atoms with Crippen LogP contribution in [0.25, 0.3) is 17.0 Å². The van der Waals surface area contributed by atoms with E-state index >= 15 is 0 Å². The third-order valence-corrected chi connectivity index (χ3v) is 4.76. The van der Waals surface area contributed by atoms with Crippen molar-refractivity contribution >= 4 is 11.7 Å². The lowest BCUT2D eigenvalue weighted by molar-refractivity contribution is 0.0943. The third kappa shape index (κ3) is 3.98. The third-order valence-electron chi connectivity index (χ3n) is 4.76. The van der Waals surface area contributed by atoms with Gasteiger partial charge in [-0.15, -0.1) is 0 Å². The molecular weight excluding hydrogens is 373 g/mol. The van der Waals surface area contributed by atoms with Crippen molar-refractivity contribution in [2.45, 2.75) is 25.8 Å². The molecule has 29 heavy (non-hydrogen) atoms. The Morgan fingerprint density at radius 2 is 2.07 bits per heavy atom. The number of hydrogen-bond acceptors (Lipinski definition) is 5. The highest BCUT2D eigenvalue weighted by Gasteiger charge is 2.16. The van der Waals surface area contributed by atoms with Crippen LogP contribution in [0.15, 0.2) is 55.1 Å². The Hall–Kier alpha value is -3.62. The molecule has 0 radical (unpaired) electrons. The Morgan fingerprint density at radius 1 is 1.24 bits per heavy atom. The highest BCUT2D eigenvalue weighted by atomic mass is 19.1.